The number of rotatable bonds is 4. The van der Waals surface area contributed by atoms with E-state index in [4.69, 9.17) is 12.2 Å². The maximum atomic E-state index is 13.2. The van der Waals surface area contributed by atoms with Crippen LogP contribution in [-0.2, 0) is 4.79 Å². The van der Waals surface area contributed by atoms with E-state index < -0.39 is 0 Å². The Bertz CT molecular complexity index is 1170. The van der Waals surface area contributed by atoms with Crippen molar-refractivity contribution >= 4 is 29.3 Å². The molecule has 1 aliphatic rings. The number of halogens is 1. The van der Waals surface area contributed by atoms with Crippen molar-refractivity contribution in [3.8, 4) is 5.69 Å². The van der Waals surface area contributed by atoms with Gasteiger partial charge in [-0.3, -0.25) is 9.69 Å². The third kappa shape index (κ3) is 3.76. The minimum Gasteiger partial charge on any atom is -0.328 e. The van der Waals surface area contributed by atoms with Crippen molar-refractivity contribution in [1.82, 2.24) is 19.8 Å². The number of nitrogens with one attached hydrogen (secondary N) is 1. The van der Waals surface area contributed by atoms with Gasteiger partial charge in [0, 0.05) is 11.9 Å². The smallest absolute Gasteiger partial charge is 0.277 e. The van der Waals surface area contributed by atoms with E-state index in [9.17, 15) is 9.18 Å². The van der Waals surface area contributed by atoms with Crippen LogP contribution in [0.15, 0.2) is 60.7 Å². The standard InChI is InChI=1S/C23H21FN4OS/c1-14-10-17(4-9-21(14)27-12-15(2)25-13-27)11-20-22(29)28(23(30)26-20)16(3)18-5-7-19(24)8-6-18/h4-13,16H,1-3H3,(H,26,30)/b20-11-. The quantitative estimate of drug-likeness (QED) is 0.501. The van der Waals surface area contributed by atoms with Crippen LogP contribution in [0, 0.1) is 19.7 Å². The van der Waals surface area contributed by atoms with Crippen molar-refractivity contribution in [2.45, 2.75) is 26.8 Å². The molecule has 1 N–H and O–H groups in total. The van der Waals surface area contributed by atoms with Gasteiger partial charge in [0.1, 0.15) is 11.5 Å². The van der Waals surface area contributed by atoms with Gasteiger partial charge in [-0.1, -0.05) is 18.2 Å². The van der Waals surface area contributed by atoms with Gasteiger partial charge >= 0.3 is 0 Å². The van der Waals surface area contributed by atoms with Gasteiger partial charge in [0.25, 0.3) is 5.91 Å². The lowest BCUT2D eigenvalue weighted by molar-refractivity contribution is -0.123. The SMILES string of the molecule is Cc1cn(-c2ccc(/C=C3\NC(=S)N(C(C)c4ccc(F)cc4)C3=O)cc2C)cn1. The second-order valence-electron chi connectivity index (χ2n) is 7.36. The topological polar surface area (TPSA) is 50.2 Å². The Labute approximate surface area is 179 Å². The van der Waals surface area contributed by atoms with E-state index in [0.29, 0.717) is 10.8 Å². The summed E-state index contributed by atoms with van der Waals surface area (Å²) < 4.78 is 15.2. The van der Waals surface area contributed by atoms with E-state index in [-0.39, 0.29) is 17.8 Å². The third-order valence-corrected chi connectivity index (χ3v) is 5.47. The van der Waals surface area contributed by atoms with E-state index >= 15 is 0 Å². The monoisotopic (exact) mass is 420 g/mol. The molecule has 2 aromatic carbocycles. The molecule has 1 amide bonds. The van der Waals surface area contributed by atoms with Crippen LogP contribution in [0.25, 0.3) is 11.8 Å². The van der Waals surface area contributed by atoms with Crippen molar-refractivity contribution in [2.24, 2.45) is 0 Å². The zero-order chi connectivity index (χ0) is 21.4. The number of aromatic nitrogens is 2. The van der Waals surface area contributed by atoms with Crippen LogP contribution < -0.4 is 5.32 Å². The Kier molecular flexibility index (Phi) is 5.22. The highest BCUT2D eigenvalue weighted by atomic mass is 32.1. The maximum absolute atomic E-state index is 13.2. The summed E-state index contributed by atoms with van der Waals surface area (Å²) in [5.41, 5.74) is 5.16. The third-order valence-electron chi connectivity index (χ3n) is 5.17. The average Bonchev–Trinajstić information content (AvgIpc) is 3.25. The van der Waals surface area contributed by atoms with Gasteiger partial charge in [-0.05, 0) is 80.0 Å². The number of thiocarbonyl (C=S) groups is 1. The zero-order valence-electron chi connectivity index (χ0n) is 16.9. The molecule has 30 heavy (non-hydrogen) atoms. The Morgan fingerprint density at radius 2 is 1.90 bits per heavy atom. The van der Waals surface area contributed by atoms with Crippen LogP contribution in [0.3, 0.4) is 0 Å². The highest BCUT2D eigenvalue weighted by Gasteiger charge is 2.34. The first-order valence-electron chi connectivity index (χ1n) is 9.57. The predicted molar refractivity (Wildman–Crippen MR) is 118 cm³/mol. The van der Waals surface area contributed by atoms with Gasteiger partial charge in [0.2, 0.25) is 0 Å². The number of carbonyl (C=O) groups excluding carboxylic acids is 1. The van der Waals surface area contributed by atoms with E-state index in [1.54, 1.807) is 24.5 Å². The van der Waals surface area contributed by atoms with Gasteiger partial charge in [-0.25, -0.2) is 9.37 Å². The summed E-state index contributed by atoms with van der Waals surface area (Å²) in [6.07, 6.45) is 5.54. The van der Waals surface area contributed by atoms with Crippen LogP contribution in [-0.4, -0.2) is 25.5 Å². The number of hydrogen-bond acceptors (Lipinski definition) is 3. The molecule has 3 aromatic rings. The molecule has 4 rings (SSSR count). The van der Waals surface area contributed by atoms with Gasteiger partial charge < -0.3 is 9.88 Å². The fraction of sp³-hybridized carbons (Fsp3) is 0.174. The predicted octanol–water partition coefficient (Wildman–Crippen LogP) is 4.45. The summed E-state index contributed by atoms with van der Waals surface area (Å²) >= 11 is 5.39. The molecular formula is C23H21FN4OS. The number of imidazole rings is 1. The molecule has 0 bridgehead atoms. The van der Waals surface area contributed by atoms with Crippen LogP contribution in [0.5, 0.6) is 0 Å². The largest absolute Gasteiger partial charge is 0.328 e. The second kappa shape index (κ2) is 7.84. The molecule has 1 unspecified atom stereocenters. The Morgan fingerprint density at radius 1 is 1.17 bits per heavy atom. The second-order valence-corrected chi connectivity index (χ2v) is 7.75. The van der Waals surface area contributed by atoms with Crippen LogP contribution >= 0.6 is 12.2 Å². The van der Waals surface area contributed by atoms with E-state index in [1.807, 2.05) is 49.7 Å². The van der Waals surface area contributed by atoms with Gasteiger partial charge in [-0.15, -0.1) is 0 Å². The summed E-state index contributed by atoms with van der Waals surface area (Å²) in [6.45, 7) is 5.84. The maximum Gasteiger partial charge on any atom is 0.277 e. The van der Waals surface area contributed by atoms with E-state index in [0.717, 1.165) is 28.1 Å². The molecule has 5 nitrogen and oxygen atoms in total. The molecule has 0 radical (unpaired) electrons. The lowest BCUT2D eigenvalue weighted by Crippen LogP contribution is -2.33. The lowest BCUT2D eigenvalue weighted by atomic mass is 10.1. The number of nitrogens with zero attached hydrogens (tertiary/aromatic N) is 3. The van der Waals surface area contributed by atoms with E-state index in [1.165, 1.54) is 17.0 Å². The molecule has 0 aliphatic carbocycles. The van der Waals surface area contributed by atoms with Gasteiger partial charge in [-0.2, -0.15) is 0 Å². The molecule has 1 saturated heterocycles. The summed E-state index contributed by atoms with van der Waals surface area (Å²) in [5.74, 6) is -0.520. The first-order chi connectivity index (χ1) is 14.3. The zero-order valence-corrected chi connectivity index (χ0v) is 17.7. The fourth-order valence-corrected chi connectivity index (χ4v) is 3.92. The molecule has 2 heterocycles. The molecule has 152 valence electrons. The minimum atomic E-state index is -0.315. The summed E-state index contributed by atoms with van der Waals surface area (Å²) in [6, 6.07) is 11.8. The Morgan fingerprint density at radius 3 is 2.53 bits per heavy atom. The fourth-order valence-electron chi connectivity index (χ4n) is 3.57. The highest BCUT2D eigenvalue weighted by molar-refractivity contribution is 7.80. The number of aryl methyl sites for hydroxylation is 2. The number of benzene rings is 2. The number of carbonyl (C=O) groups is 1. The molecule has 0 saturated carbocycles. The average molecular weight is 421 g/mol. The van der Waals surface area contributed by atoms with Gasteiger partial charge in [0.15, 0.2) is 5.11 Å². The van der Waals surface area contributed by atoms with E-state index in [2.05, 4.69) is 10.3 Å². The molecule has 1 aromatic heterocycles. The Balaban J connectivity index is 1.59. The molecule has 1 fully saturated rings. The molecular weight excluding hydrogens is 399 g/mol. The van der Waals surface area contributed by atoms with Crippen molar-refractivity contribution in [1.29, 1.82) is 0 Å². The molecule has 1 aliphatic heterocycles. The first-order valence-corrected chi connectivity index (χ1v) is 9.97. The lowest BCUT2D eigenvalue weighted by Gasteiger charge is -2.23. The normalized spacial score (nSPS) is 16.3. The first kappa shape index (κ1) is 20.0. The van der Waals surface area contributed by atoms with Crippen molar-refractivity contribution in [3.05, 3.63) is 88.9 Å². The molecule has 0 spiro atoms. The number of amides is 1. The van der Waals surface area contributed by atoms with Crippen molar-refractivity contribution < 1.29 is 9.18 Å². The van der Waals surface area contributed by atoms with Crippen LogP contribution in [0.1, 0.15) is 35.3 Å². The van der Waals surface area contributed by atoms with Crippen LogP contribution in [0.2, 0.25) is 0 Å². The Hall–Kier alpha value is -3.32. The summed E-state index contributed by atoms with van der Waals surface area (Å²) in [4.78, 5) is 18.8. The highest BCUT2D eigenvalue weighted by Crippen LogP contribution is 2.27. The minimum absolute atomic E-state index is 0.205. The van der Waals surface area contributed by atoms with Crippen LogP contribution in [0.4, 0.5) is 4.39 Å². The number of hydrogen-bond donors (Lipinski definition) is 1. The molecule has 7 heteroatoms. The van der Waals surface area contributed by atoms with Gasteiger partial charge in [0.05, 0.1) is 18.1 Å². The van der Waals surface area contributed by atoms with Crippen molar-refractivity contribution in [3.63, 3.8) is 0 Å². The molecule has 1 atom stereocenters. The summed E-state index contributed by atoms with van der Waals surface area (Å²) in [5, 5.41) is 3.35. The summed E-state index contributed by atoms with van der Waals surface area (Å²) in [7, 11) is 0. The van der Waals surface area contributed by atoms with Crippen molar-refractivity contribution in [2.75, 3.05) is 0 Å².